The average Bonchev–Trinajstić information content (AvgIpc) is 2.61. The molecule has 3 rings (SSSR count). The van der Waals surface area contributed by atoms with Crippen molar-refractivity contribution in [3.8, 4) is 0 Å². The van der Waals surface area contributed by atoms with E-state index in [0.717, 1.165) is 10.7 Å². The van der Waals surface area contributed by atoms with Crippen LogP contribution in [-0.4, -0.2) is 24.8 Å². The highest BCUT2D eigenvalue weighted by atomic mass is 16.6. The maximum atomic E-state index is 12.3. The highest BCUT2D eigenvalue weighted by Crippen LogP contribution is 2.25. The van der Waals surface area contributed by atoms with E-state index in [4.69, 9.17) is 0 Å². The van der Waals surface area contributed by atoms with Crippen molar-refractivity contribution in [3.63, 3.8) is 0 Å². The summed E-state index contributed by atoms with van der Waals surface area (Å²) >= 11 is 0. The molecule has 2 aromatic carbocycles. The van der Waals surface area contributed by atoms with E-state index in [1.54, 1.807) is 24.3 Å². The van der Waals surface area contributed by atoms with Crippen LogP contribution in [0.3, 0.4) is 0 Å². The number of aryl methyl sites for hydroxylation is 2. The summed E-state index contributed by atoms with van der Waals surface area (Å²) < 4.78 is 1.12. The van der Waals surface area contributed by atoms with Crippen LogP contribution in [0.2, 0.25) is 0 Å². The van der Waals surface area contributed by atoms with Crippen LogP contribution in [0.1, 0.15) is 5.56 Å². The third kappa shape index (κ3) is 3.17. The summed E-state index contributed by atoms with van der Waals surface area (Å²) in [7, 11) is 0. The lowest BCUT2D eigenvalue weighted by Gasteiger charge is -2.06. The van der Waals surface area contributed by atoms with Gasteiger partial charge in [0.25, 0.3) is 16.9 Å². The summed E-state index contributed by atoms with van der Waals surface area (Å²) in [4.78, 5) is 32.9. The summed E-state index contributed by atoms with van der Waals surface area (Å²) in [5.41, 5.74) is -0.341. The molecule has 10 heteroatoms. The molecule has 1 aromatic heterocycles. The topological polar surface area (TPSA) is 134 Å². The number of nitrogens with zero attached hydrogens (tertiary/aromatic N) is 5. The fourth-order valence-electron chi connectivity index (χ4n) is 2.44. The molecule has 0 aliphatic rings. The van der Waals surface area contributed by atoms with Gasteiger partial charge >= 0.3 is 0 Å². The summed E-state index contributed by atoms with van der Waals surface area (Å²) in [5, 5.41) is 30.0. The molecule has 0 radical (unpaired) electrons. The minimum Gasteiger partial charge on any atom is -0.267 e. The Labute approximate surface area is 139 Å². The van der Waals surface area contributed by atoms with Gasteiger partial charge < -0.3 is 0 Å². The van der Waals surface area contributed by atoms with Crippen LogP contribution in [0.15, 0.2) is 47.3 Å². The molecular weight excluding hydrogens is 330 g/mol. The third-order valence-electron chi connectivity index (χ3n) is 3.70. The van der Waals surface area contributed by atoms with Crippen LogP contribution in [0.4, 0.5) is 11.4 Å². The van der Waals surface area contributed by atoms with Gasteiger partial charge in [0, 0.05) is 11.6 Å². The predicted octanol–water partition coefficient (Wildman–Crippen LogP) is 1.85. The molecule has 1 heterocycles. The van der Waals surface area contributed by atoms with Crippen molar-refractivity contribution in [2.45, 2.75) is 13.0 Å². The van der Waals surface area contributed by atoms with Gasteiger partial charge in [0.05, 0.1) is 27.8 Å². The molecule has 0 saturated carbocycles. The van der Waals surface area contributed by atoms with Crippen molar-refractivity contribution >= 4 is 22.3 Å². The van der Waals surface area contributed by atoms with E-state index in [9.17, 15) is 25.0 Å². The van der Waals surface area contributed by atoms with Crippen molar-refractivity contribution in [1.82, 2.24) is 15.0 Å². The quantitative estimate of drug-likeness (QED) is 0.510. The summed E-state index contributed by atoms with van der Waals surface area (Å²) in [6.07, 6.45) is 0.112. The number of nitro groups is 2. The summed E-state index contributed by atoms with van der Waals surface area (Å²) in [6.45, 7) is 0.0648. The number of benzene rings is 2. The molecule has 0 amide bonds. The van der Waals surface area contributed by atoms with Crippen LogP contribution >= 0.6 is 0 Å². The highest BCUT2D eigenvalue weighted by molar-refractivity contribution is 5.76. The summed E-state index contributed by atoms with van der Waals surface area (Å²) in [6, 6.07) is 10.1. The van der Waals surface area contributed by atoms with E-state index in [0.29, 0.717) is 10.9 Å². The highest BCUT2D eigenvalue weighted by Gasteiger charge is 2.19. The Morgan fingerprint density at radius 3 is 2.52 bits per heavy atom. The van der Waals surface area contributed by atoms with Crippen molar-refractivity contribution in [2.75, 3.05) is 0 Å². The molecular formula is C15H11N5O5. The molecule has 0 unspecified atom stereocenters. The lowest BCUT2D eigenvalue weighted by atomic mass is 10.1. The molecule has 10 nitrogen and oxygen atoms in total. The molecule has 0 N–H and O–H groups in total. The maximum absolute atomic E-state index is 12.3. The molecule has 0 fully saturated rings. The maximum Gasteiger partial charge on any atom is 0.279 e. The molecule has 0 aliphatic heterocycles. The van der Waals surface area contributed by atoms with Gasteiger partial charge in [0.15, 0.2) is 0 Å². The molecule has 3 aromatic rings. The molecule has 0 saturated heterocycles. The van der Waals surface area contributed by atoms with Gasteiger partial charge in [-0.1, -0.05) is 17.3 Å². The lowest BCUT2D eigenvalue weighted by Crippen LogP contribution is -2.25. The predicted molar refractivity (Wildman–Crippen MR) is 87.3 cm³/mol. The van der Waals surface area contributed by atoms with E-state index in [1.807, 2.05) is 0 Å². The molecule has 0 atom stereocenters. The fraction of sp³-hybridized carbons (Fsp3) is 0.133. The number of hydrogen-bond donors (Lipinski definition) is 0. The number of aromatic nitrogens is 3. The first-order chi connectivity index (χ1) is 12.0. The first-order valence-corrected chi connectivity index (χ1v) is 7.21. The van der Waals surface area contributed by atoms with E-state index in [-0.39, 0.29) is 35.5 Å². The average molecular weight is 341 g/mol. The zero-order chi connectivity index (χ0) is 18.0. The van der Waals surface area contributed by atoms with Crippen LogP contribution in [0, 0.1) is 20.2 Å². The Morgan fingerprint density at radius 2 is 1.80 bits per heavy atom. The lowest BCUT2D eigenvalue weighted by molar-refractivity contribution is -0.394. The Morgan fingerprint density at radius 1 is 1.04 bits per heavy atom. The Bertz CT molecular complexity index is 1050. The van der Waals surface area contributed by atoms with Crippen molar-refractivity contribution in [1.29, 1.82) is 0 Å². The van der Waals surface area contributed by atoms with Gasteiger partial charge in [-0.05, 0) is 24.6 Å². The number of nitro benzene ring substituents is 2. The smallest absolute Gasteiger partial charge is 0.267 e. The second-order valence-electron chi connectivity index (χ2n) is 5.21. The molecule has 0 bridgehead atoms. The minimum absolute atomic E-state index is 0.0648. The Kier molecular flexibility index (Phi) is 4.16. The normalized spacial score (nSPS) is 10.7. The molecule has 0 aliphatic carbocycles. The number of hydrogen-bond acceptors (Lipinski definition) is 7. The van der Waals surface area contributed by atoms with Crippen LogP contribution in [0.5, 0.6) is 0 Å². The number of fused-ring (bicyclic) bond motifs is 1. The van der Waals surface area contributed by atoms with Gasteiger partial charge in [-0.25, -0.2) is 4.68 Å². The SMILES string of the molecule is O=c1c2ccccc2nnn1CCc1ccc([N+](=O)[O-])cc1[N+](=O)[O-]. The van der Waals surface area contributed by atoms with Gasteiger partial charge in [0.2, 0.25) is 0 Å². The molecule has 126 valence electrons. The standard InChI is InChI=1S/C15H11N5O5/c21-15-12-3-1-2-4-13(12)16-17-18(15)8-7-10-5-6-11(19(22)23)9-14(10)20(24)25/h1-6,9H,7-8H2. The van der Waals surface area contributed by atoms with Crippen LogP contribution < -0.4 is 5.56 Å². The van der Waals surface area contributed by atoms with Crippen LogP contribution in [0.25, 0.3) is 10.9 Å². The van der Waals surface area contributed by atoms with E-state index >= 15 is 0 Å². The van der Waals surface area contributed by atoms with E-state index < -0.39 is 9.85 Å². The molecule has 0 spiro atoms. The first kappa shape index (κ1) is 16.2. The number of non-ortho nitro benzene ring substituents is 1. The number of rotatable bonds is 5. The summed E-state index contributed by atoms with van der Waals surface area (Å²) in [5.74, 6) is 0. The zero-order valence-electron chi connectivity index (χ0n) is 12.7. The Hall–Kier alpha value is -3.69. The van der Waals surface area contributed by atoms with Crippen molar-refractivity contribution in [2.24, 2.45) is 0 Å². The van der Waals surface area contributed by atoms with E-state index in [1.165, 1.54) is 12.1 Å². The Balaban J connectivity index is 1.91. The van der Waals surface area contributed by atoms with Gasteiger partial charge in [-0.3, -0.25) is 25.0 Å². The minimum atomic E-state index is -0.698. The monoisotopic (exact) mass is 341 g/mol. The fourth-order valence-corrected chi connectivity index (χ4v) is 2.44. The van der Waals surface area contributed by atoms with Gasteiger partial charge in [-0.2, -0.15) is 0 Å². The van der Waals surface area contributed by atoms with Crippen LogP contribution in [-0.2, 0) is 13.0 Å². The van der Waals surface area contributed by atoms with Gasteiger partial charge in [-0.15, -0.1) is 5.10 Å². The largest absolute Gasteiger partial charge is 0.279 e. The zero-order valence-corrected chi connectivity index (χ0v) is 12.7. The first-order valence-electron chi connectivity index (χ1n) is 7.21. The van der Waals surface area contributed by atoms with Crippen molar-refractivity contribution in [3.05, 3.63) is 78.6 Å². The third-order valence-corrected chi connectivity index (χ3v) is 3.70. The molecule has 25 heavy (non-hydrogen) atoms. The second kappa shape index (κ2) is 6.43. The van der Waals surface area contributed by atoms with Crippen molar-refractivity contribution < 1.29 is 9.85 Å². The second-order valence-corrected chi connectivity index (χ2v) is 5.21. The van der Waals surface area contributed by atoms with E-state index in [2.05, 4.69) is 10.3 Å². The van der Waals surface area contributed by atoms with Gasteiger partial charge in [0.1, 0.15) is 5.52 Å².